The number of amides is 2. The van der Waals surface area contributed by atoms with Crippen LogP contribution in [0.25, 0.3) is 0 Å². The van der Waals surface area contributed by atoms with Crippen molar-refractivity contribution in [1.29, 1.82) is 0 Å². The van der Waals surface area contributed by atoms with Gasteiger partial charge in [0, 0.05) is 5.41 Å². The Morgan fingerprint density at radius 3 is 1.86 bits per heavy atom. The molecule has 0 saturated carbocycles. The third-order valence-corrected chi connectivity index (χ3v) is 1.94. The van der Waals surface area contributed by atoms with E-state index in [1.807, 2.05) is 13.8 Å². The number of carbonyl (C=O) groups is 2. The van der Waals surface area contributed by atoms with Crippen LogP contribution in [-0.4, -0.2) is 17.9 Å². The van der Waals surface area contributed by atoms with Crippen LogP contribution in [0.5, 0.6) is 0 Å². The minimum absolute atomic E-state index is 0.0128. The van der Waals surface area contributed by atoms with E-state index < -0.39 is 17.4 Å². The number of hydrogen-bond donors (Lipinski definition) is 2. The second-order valence-electron chi connectivity index (χ2n) is 4.85. The Kier molecular flexibility index (Phi) is 4.10. The van der Waals surface area contributed by atoms with Crippen LogP contribution in [-0.2, 0) is 9.59 Å². The highest BCUT2D eigenvalue weighted by Gasteiger charge is 2.27. The van der Waals surface area contributed by atoms with Crippen molar-refractivity contribution in [2.24, 2.45) is 17.1 Å². The first-order chi connectivity index (χ1) is 6.16. The van der Waals surface area contributed by atoms with Crippen LogP contribution in [0, 0.1) is 11.3 Å². The van der Waals surface area contributed by atoms with E-state index in [4.69, 9.17) is 5.73 Å². The van der Waals surface area contributed by atoms with Crippen molar-refractivity contribution in [3.8, 4) is 0 Å². The molecule has 4 nitrogen and oxygen atoms in total. The Hall–Kier alpha value is -1.06. The van der Waals surface area contributed by atoms with Gasteiger partial charge in [-0.25, -0.2) is 0 Å². The lowest BCUT2D eigenvalue weighted by Gasteiger charge is -2.24. The third-order valence-electron chi connectivity index (χ3n) is 1.94. The highest BCUT2D eigenvalue weighted by atomic mass is 16.2. The molecule has 0 saturated heterocycles. The summed E-state index contributed by atoms with van der Waals surface area (Å²) in [7, 11) is 0. The van der Waals surface area contributed by atoms with Gasteiger partial charge in [0.05, 0.1) is 0 Å². The van der Waals surface area contributed by atoms with Crippen molar-refractivity contribution in [3.05, 3.63) is 0 Å². The lowest BCUT2D eigenvalue weighted by molar-refractivity contribution is -0.133. The molecule has 0 heterocycles. The molecule has 2 amide bonds. The summed E-state index contributed by atoms with van der Waals surface area (Å²) in [5.41, 5.74) is 4.68. The van der Waals surface area contributed by atoms with Crippen LogP contribution >= 0.6 is 0 Å². The van der Waals surface area contributed by atoms with E-state index in [1.54, 1.807) is 20.8 Å². The van der Waals surface area contributed by atoms with Gasteiger partial charge < -0.3 is 11.1 Å². The zero-order valence-electron chi connectivity index (χ0n) is 9.55. The summed E-state index contributed by atoms with van der Waals surface area (Å²) in [6, 6.07) is -0.582. The van der Waals surface area contributed by atoms with Crippen molar-refractivity contribution < 1.29 is 9.59 Å². The molecule has 0 aliphatic heterocycles. The van der Waals surface area contributed by atoms with Gasteiger partial charge in [-0.2, -0.15) is 0 Å². The van der Waals surface area contributed by atoms with Gasteiger partial charge >= 0.3 is 0 Å². The second kappa shape index (κ2) is 4.44. The molecule has 0 aromatic heterocycles. The largest absolute Gasteiger partial charge is 0.368 e. The lowest BCUT2D eigenvalue weighted by Crippen LogP contribution is -2.50. The molecule has 0 bridgehead atoms. The minimum Gasteiger partial charge on any atom is -0.368 e. The van der Waals surface area contributed by atoms with Gasteiger partial charge in [-0.05, 0) is 5.92 Å². The SMILES string of the molecule is CC(C)[C@H](NC(=O)C(C)(C)C)C(N)=O. The molecule has 3 N–H and O–H groups in total. The van der Waals surface area contributed by atoms with Crippen molar-refractivity contribution in [2.45, 2.75) is 40.7 Å². The highest BCUT2D eigenvalue weighted by Crippen LogP contribution is 2.14. The van der Waals surface area contributed by atoms with E-state index in [0.29, 0.717) is 0 Å². The topological polar surface area (TPSA) is 72.2 Å². The zero-order chi connectivity index (χ0) is 11.5. The molecule has 0 fully saturated rings. The summed E-state index contributed by atoms with van der Waals surface area (Å²) in [5.74, 6) is -0.633. The quantitative estimate of drug-likeness (QED) is 0.702. The second-order valence-corrected chi connectivity index (χ2v) is 4.85. The summed E-state index contributed by atoms with van der Waals surface area (Å²) in [6.45, 7) is 9.07. The van der Waals surface area contributed by atoms with Gasteiger partial charge in [0.2, 0.25) is 11.8 Å². The third kappa shape index (κ3) is 3.77. The molecule has 4 heteroatoms. The van der Waals surface area contributed by atoms with Crippen LogP contribution in [0.1, 0.15) is 34.6 Å². The van der Waals surface area contributed by atoms with Crippen molar-refractivity contribution >= 4 is 11.8 Å². The maximum absolute atomic E-state index is 11.6. The Balaban J connectivity index is 4.48. The van der Waals surface area contributed by atoms with E-state index in [2.05, 4.69) is 5.32 Å². The number of primary amides is 1. The van der Waals surface area contributed by atoms with Gasteiger partial charge in [-0.15, -0.1) is 0 Å². The van der Waals surface area contributed by atoms with Crippen molar-refractivity contribution in [2.75, 3.05) is 0 Å². The fourth-order valence-electron chi connectivity index (χ4n) is 0.924. The summed E-state index contributed by atoms with van der Waals surface area (Å²) >= 11 is 0. The monoisotopic (exact) mass is 200 g/mol. The average Bonchev–Trinajstić information content (AvgIpc) is 1.96. The molecule has 0 rings (SSSR count). The highest BCUT2D eigenvalue weighted by molar-refractivity contribution is 5.88. The Bertz CT molecular complexity index is 229. The predicted molar refractivity (Wildman–Crippen MR) is 55.4 cm³/mol. The van der Waals surface area contributed by atoms with Gasteiger partial charge in [-0.1, -0.05) is 34.6 Å². The lowest BCUT2D eigenvalue weighted by atomic mass is 9.94. The molecule has 0 spiro atoms. The number of carbonyl (C=O) groups excluding carboxylic acids is 2. The molecular weight excluding hydrogens is 180 g/mol. The Morgan fingerprint density at radius 1 is 1.21 bits per heavy atom. The molecule has 0 aromatic rings. The molecule has 82 valence electrons. The first-order valence-electron chi connectivity index (χ1n) is 4.76. The van der Waals surface area contributed by atoms with Gasteiger partial charge in [0.15, 0.2) is 0 Å². The number of nitrogens with two attached hydrogens (primary N) is 1. The fraction of sp³-hybridized carbons (Fsp3) is 0.800. The van der Waals surface area contributed by atoms with Crippen LogP contribution in [0.3, 0.4) is 0 Å². The smallest absolute Gasteiger partial charge is 0.240 e. The standard InChI is InChI=1S/C10H20N2O2/c1-6(2)7(8(11)13)12-9(14)10(3,4)5/h6-7H,1-5H3,(H2,11,13)(H,12,14)/t7-/m0/s1. The van der Waals surface area contributed by atoms with Crippen LogP contribution in [0.4, 0.5) is 0 Å². The number of hydrogen-bond acceptors (Lipinski definition) is 2. The zero-order valence-corrected chi connectivity index (χ0v) is 9.55. The molecular formula is C10H20N2O2. The number of rotatable bonds is 3. The van der Waals surface area contributed by atoms with E-state index >= 15 is 0 Å². The van der Waals surface area contributed by atoms with Crippen LogP contribution in [0.2, 0.25) is 0 Å². The van der Waals surface area contributed by atoms with Gasteiger partial charge in [-0.3, -0.25) is 9.59 Å². The summed E-state index contributed by atoms with van der Waals surface area (Å²) in [5, 5.41) is 2.64. The molecule has 0 aliphatic rings. The van der Waals surface area contributed by atoms with Crippen LogP contribution < -0.4 is 11.1 Å². The van der Waals surface area contributed by atoms with E-state index in [0.717, 1.165) is 0 Å². The first-order valence-corrected chi connectivity index (χ1v) is 4.76. The summed E-state index contributed by atoms with van der Waals surface area (Å²) < 4.78 is 0. The average molecular weight is 200 g/mol. The number of nitrogens with one attached hydrogen (secondary N) is 1. The summed E-state index contributed by atoms with van der Waals surface area (Å²) in [4.78, 5) is 22.6. The molecule has 1 atom stereocenters. The van der Waals surface area contributed by atoms with Gasteiger partial charge in [0.25, 0.3) is 0 Å². The molecule has 0 unspecified atom stereocenters. The Labute approximate surface area is 85.2 Å². The molecule has 0 aromatic carbocycles. The fourth-order valence-corrected chi connectivity index (χ4v) is 0.924. The Morgan fingerprint density at radius 2 is 1.64 bits per heavy atom. The van der Waals surface area contributed by atoms with Crippen molar-refractivity contribution in [3.63, 3.8) is 0 Å². The normalized spacial score (nSPS) is 13.9. The van der Waals surface area contributed by atoms with E-state index in [1.165, 1.54) is 0 Å². The van der Waals surface area contributed by atoms with Gasteiger partial charge in [0.1, 0.15) is 6.04 Å². The van der Waals surface area contributed by atoms with Crippen molar-refractivity contribution in [1.82, 2.24) is 5.32 Å². The maximum Gasteiger partial charge on any atom is 0.240 e. The van der Waals surface area contributed by atoms with E-state index in [-0.39, 0.29) is 11.8 Å². The first kappa shape index (κ1) is 12.9. The van der Waals surface area contributed by atoms with Crippen LogP contribution in [0.15, 0.2) is 0 Å². The predicted octanol–water partition coefficient (Wildman–Crippen LogP) is 0.659. The molecule has 0 radical (unpaired) electrons. The minimum atomic E-state index is -0.582. The summed E-state index contributed by atoms with van der Waals surface area (Å²) in [6.07, 6.45) is 0. The van der Waals surface area contributed by atoms with E-state index in [9.17, 15) is 9.59 Å². The maximum atomic E-state index is 11.6. The molecule has 14 heavy (non-hydrogen) atoms. The molecule has 0 aliphatic carbocycles.